The first-order chi connectivity index (χ1) is 12.8. The van der Waals surface area contributed by atoms with Crippen molar-refractivity contribution in [1.29, 1.82) is 0 Å². The Kier molecular flexibility index (Phi) is 3.31. The van der Waals surface area contributed by atoms with Crippen molar-refractivity contribution in [1.82, 2.24) is 9.97 Å². The van der Waals surface area contributed by atoms with Crippen LogP contribution in [0.2, 0.25) is 0 Å². The summed E-state index contributed by atoms with van der Waals surface area (Å²) in [6.07, 6.45) is 8.35. The van der Waals surface area contributed by atoms with E-state index >= 15 is 0 Å². The maximum absolute atomic E-state index is 11.9. The highest BCUT2D eigenvalue weighted by Crippen LogP contribution is 2.39. The maximum atomic E-state index is 11.9. The summed E-state index contributed by atoms with van der Waals surface area (Å²) < 4.78 is 6.06. The highest BCUT2D eigenvalue weighted by molar-refractivity contribution is 6.02. The lowest BCUT2D eigenvalue weighted by Crippen LogP contribution is -1.95. The molecule has 0 fully saturated rings. The molecule has 0 saturated carbocycles. The van der Waals surface area contributed by atoms with Gasteiger partial charge in [0.15, 0.2) is 17.1 Å². The first-order valence-corrected chi connectivity index (χ1v) is 8.50. The standard InChI is InChI=1S/C21H15N3O2/c25-18-4-1-14-11-15(2-3-16(14)18)24-20-17-7-10-23-12-19(17)26-21(20)13-5-8-22-9-6-13/h2-3,5-12,24H,1,4H2. The molecule has 1 aliphatic carbocycles. The first kappa shape index (κ1) is 14.8. The van der Waals surface area contributed by atoms with Gasteiger partial charge in [0.2, 0.25) is 0 Å². The quantitative estimate of drug-likeness (QED) is 0.582. The fraction of sp³-hybridized carbons (Fsp3) is 0.0952. The van der Waals surface area contributed by atoms with Crippen LogP contribution in [0.3, 0.4) is 0 Å². The second-order valence-corrected chi connectivity index (χ2v) is 6.33. The van der Waals surface area contributed by atoms with Crippen molar-refractivity contribution in [2.75, 3.05) is 5.32 Å². The van der Waals surface area contributed by atoms with Crippen LogP contribution >= 0.6 is 0 Å². The lowest BCUT2D eigenvalue weighted by Gasteiger charge is -2.09. The topological polar surface area (TPSA) is 68.0 Å². The van der Waals surface area contributed by atoms with Gasteiger partial charge in [-0.2, -0.15) is 0 Å². The van der Waals surface area contributed by atoms with E-state index in [1.165, 1.54) is 0 Å². The molecule has 5 nitrogen and oxygen atoms in total. The second-order valence-electron chi connectivity index (χ2n) is 6.33. The number of nitrogens with one attached hydrogen (secondary N) is 1. The highest BCUT2D eigenvalue weighted by atomic mass is 16.3. The molecule has 5 rings (SSSR count). The molecule has 0 unspecified atom stereocenters. The summed E-state index contributed by atoms with van der Waals surface area (Å²) in [5.41, 5.74) is 5.42. The largest absolute Gasteiger partial charge is 0.452 e. The summed E-state index contributed by atoms with van der Waals surface area (Å²) in [5, 5.41) is 4.45. The van der Waals surface area contributed by atoms with Crippen LogP contribution in [-0.4, -0.2) is 15.8 Å². The van der Waals surface area contributed by atoms with Crippen molar-refractivity contribution in [3.63, 3.8) is 0 Å². The maximum Gasteiger partial charge on any atom is 0.163 e. The lowest BCUT2D eigenvalue weighted by atomic mass is 10.1. The van der Waals surface area contributed by atoms with Crippen molar-refractivity contribution in [3.05, 3.63) is 72.3 Å². The summed E-state index contributed by atoms with van der Waals surface area (Å²) in [5.74, 6) is 0.968. The van der Waals surface area contributed by atoms with Crippen LogP contribution < -0.4 is 5.32 Å². The zero-order chi connectivity index (χ0) is 17.5. The molecule has 4 aromatic rings. The average molecular weight is 341 g/mol. The highest BCUT2D eigenvalue weighted by Gasteiger charge is 2.21. The molecule has 0 spiro atoms. The Balaban J connectivity index is 1.63. The predicted octanol–water partition coefficient (Wildman–Crippen LogP) is 4.76. The van der Waals surface area contributed by atoms with E-state index in [2.05, 4.69) is 21.4 Å². The van der Waals surface area contributed by atoms with Gasteiger partial charge in [-0.1, -0.05) is 0 Å². The van der Waals surface area contributed by atoms with Crippen LogP contribution in [0.4, 0.5) is 11.4 Å². The van der Waals surface area contributed by atoms with Crippen LogP contribution in [0.1, 0.15) is 22.3 Å². The van der Waals surface area contributed by atoms with Crippen LogP contribution in [0.5, 0.6) is 0 Å². The third-order valence-corrected chi connectivity index (χ3v) is 4.73. The van der Waals surface area contributed by atoms with Crippen molar-refractivity contribution in [3.8, 4) is 11.3 Å². The summed E-state index contributed by atoms with van der Waals surface area (Å²) in [7, 11) is 0. The molecule has 1 aromatic carbocycles. The van der Waals surface area contributed by atoms with Crippen LogP contribution in [0.25, 0.3) is 22.3 Å². The zero-order valence-electron chi connectivity index (χ0n) is 13.9. The van der Waals surface area contributed by atoms with E-state index in [9.17, 15) is 4.79 Å². The van der Waals surface area contributed by atoms with E-state index in [-0.39, 0.29) is 5.78 Å². The Morgan fingerprint density at radius 3 is 2.69 bits per heavy atom. The Labute approximate surface area is 149 Å². The van der Waals surface area contributed by atoms with E-state index in [4.69, 9.17) is 4.42 Å². The number of nitrogens with zero attached hydrogens (tertiary/aromatic N) is 2. The van der Waals surface area contributed by atoms with Gasteiger partial charge in [0.05, 0.1) is 11.9 Å². The number of benzene rings is 1. The number of carbonyl (C=O) groups is 1. The number of fused-ring (bicyclic) bond motifs is 2. The van der Waals surface area contributed by atoms with Gasteiger partial charge in [-0.25, -0.2) is 0 Å². The Morgan fingerprint density at radius 2 is 1.81 bits per heavy atom. The number of hydrogen-bond donors (Lipinski definition) is 1. The third-order valence-electron chi connectivity index (χ3n) is 4.73. The summed E-state index contributed by atoms with van der Waals surface area (Å²) in [6.45, 7) is 0. The summed E-state index contributed by atoms with van der Waals surface area (Å²) in [6, 6.07) is 11.7. The number of rotatable bonds is 3. The van der Waals surface area contributed by atoms with Crippen LogP contribution in [0.15, 0.2) is 65.6 Å². The average Bonchev–Trinajstić information content (AvgIpc) is 3.24. The molecule has 1 N–H and O–H groups in total. The molecule has 26 heavy (non-hydrogen) atoms. The van der Waals surface area contributed by atoms with Crippen molar-refractivity contribution in [2.24, 2.45) is 0 Å². The number of anilines is 2. The smallest absolute Gasteiger partial charge is 0.163 e. The third kappa shape index (κ3) is 2.37. The van der Waals surface area contributed by atoms with Gasteiger partial charge in [0, 0.05) is 47.2 Å². The van der Waals surface area contributed by atoms with Gasteiger partial charge in [-0.15, -0.1) is 0 Å². The van der Waals surface area contributed by atoms with Crippen molar-refractivity contribution < 1.29 is 9.21 Å². The second kappa shape index (κ2) is 5.81. The van der Waals surface area contributed by atoms with Gasteiger partial charge in [0.25, 0.3) is 0 Å². The SMILES string of the molecule is O=C1CCc2cc(Nc3c(-c4ccncc4)oc4cnccc34)ccc21. The minimum absolute atomic E-state index is 0.226. The molecule has 0 radical (unpaired) electrons. The van der Waals surface area contributed by atoms with Gasteiger partial charge in [0.1, 0.15) is 0 Å². The van der Waals surface area contributed by atoms with Gasteiger partial charge in [-0.3, -0.25) is 14.8 Å². The van der Waals surface area contributed by atoms with Crippen LogP contribution in [0, 0.1) is 0 Å². The van der Waals surface area contributed by atoms with Gasteiger partial charge >= 0.3 is 0 Å². The van der Waals surface area contributed by atoms with Crippen LogP contribution in [-0.2, 0) is 6.42 Å². The van der Waals surface area contributed by atoms with Gasteiger partial charge < -0.3 is 9.73 Å². The minimum Gasteiger partial charge on any atom is -0.452 e. The molecule has 0 atom stereocenters. The molecule has 5 heteroatoms. The Bertz CT molecular complexity index is 1130. The minimum atomic E-state index is 0.226. The summed E-state index contributed by atoms with van der Waals surface area (Å²) in [4.78, 5) is 20.1. The number of carbonyl (C=O) groups excluding carboxylic acids is 1. The summed E-state index contributed by atoms with van der Waals surface area (Å²) >= 11 is 0. The molecule has 126 valence electrons. The fourth-order valence-corrected chi connectivity index (χ4v) is 3.46. The normalized spacial score (nSPS) is 13.2. The molecule has 1 aliphatic rings. The number of ketones is 1. The Hall–Kier alpha value is -3.47. The predicted molar refractivity (Wildman–Crippen MR) is 99.6 cm³/mol. The van der Waals surface area contributed by atoms with E-state index in [0.717, 1.165) is 51.2 Å². The molecule has 3 aromatic heterocycles. The van der Waals surface area contributed by atoms with E-state index in [1.807, 2.05) is 30.3 Å². The Morgan fingerprint density at radius 1 is 0.962 bits per heavy atom. The molecule has 3 heterocycles. The number of furan rings is 1. The van der Waals surface area contributed by atoms with Gasteiger partial charge in [-0.05, 0) is 48.4 Å². The number of aromatic nitrogens is 2. The van der Waals surface area contributed by atoms with E-state index in [0.29, 0.717) is 6.42 Å². The lowest BCUT2D eigenvalue weighted by molar-refractivity contribution is 0.0994. The van der Waals surface area contributed by atoms with E-state index < -0.39 is 0 Å². The molecular formula is C21H15N3O2. The molecule has 0 saturated heterocycles. The fourth-order valence-electron chi connectivity index (χ4n) is 3.46. The first-order valence-electron chi connectivity index (χ1n) is 8.50. The molecule has 0 amide bonds. The molecule has 0 bridgehead atoms. The van der Waals surface area contributed by atoms with Crippen molar-refractivity contribution >= 4 is 28.1 Å². The number of hydrogen-bond acceptors (Lipinski definition) is 5. The number of aryl methyl sites for hydroxylation is 1. The molecular weight excluding hydrogens is 326 g/mol. The van der Waals surface area contributed by atoms with Crippen molar-refractivity contribution in [2.45, 2.75) is 12.8 Å². The monoisotopic (exact) mass is 341 g/mol. The number of pyridine rings is 2. The van der Waals surface area contributed by atoms with E-state index in [1.54, 1.807) is 24.8 Å². The molecule has 0 aliphatic heterocycles. The zero-order valence-corrected chi connectivity index (χ0v) is 13.9. The number of Topliss-reactive ketones (excluding diaryl/α,β-unsaturated/α-hetero) is 1.